The summed E-state index contributed by atoms with van der Waals surface area (Å²) < 4.78 is 10.7. The van der Waals surface area contributed by atoms with Gasteiger partial charge >= 0.3 is 0 Å². The number of Topliss-reactive ketones (excluding diaryl/α,β-unsaturated/α-hetero) is 1. The third-order valence-corrected chi connectivity index (χ3v) is 5.66. The molecular formula is C26H32N2O6. The first-order chi connectivity index (χ1) is 16.3. The Hall–Kier alpha value is -3.52. The van der Waals surface area contributed by atoms with E-state index in [4.69, 9.17) is 9.47 Å². The largest absolute Gasteiger partial charge is 0.507 e. The average Bonchev–Trinajstić information content (AvgIpc) is 3.07. The van der Waals surface area contributed by atoms with Gasteiger partial charge in [-0.15, -0.1) is 0 Å². The van der Waals surface area contributed by atoms with Gasteiger partial charge in [-0.05, 0) is 75.4 Å². The van der Waals surface area contributed by atoms with Gasteiger partial charge in [0.25, 0.3) is 11.7 Å². The molecule has 1 fully saturated rings. The van der Waals surface area contributed by atoms with E-state index >= 15 is 0 Å². The summed E-state index contributed by atoms with van der Waals surface area (Å²) in [6.07, 6.45) is 1.51. The summed E-state index contributed by atoms with van der Waals surface area (Å²) >= 11 is 0. The number of ether oxygens (including phenoxy) is 2. The molecule has 2 N–H and O–H groups in total. The Bertz CT molecular complexity index is 1060. The maximum atomic E-state index is 13.1. The van der Waals surface area contributed by atoms with Gasteiger partial charge < -0.3 is 29.5 Å². The van der Waals surface area contributed by atoms with Gasteiger partial charge in [-0.25, -0.2) is 0 Å². The summed E-state index contributed by atoms with van der Waals surface area (Å²) in [7, 11) is 5.30. The van der Waals surface area contributed by atoms with Crippen LogP contribution in [0.1, 0.15) is 36.9 Å². The van der Waals surface area contributed by atoms with Gasteiger partial charge in [0.1, 0.15) is 11.5 Å². The van der Waals surface area contributed by atoms with Crippen LogP contribution in [0.15, 0.2) is 48.0 Å². The molecule has 0 aliphatic carbocycles. The third-order valence-electron chi connectivity index (χ3n) is 5.66. The van der Waals surface area contributed by atoms with Crippen molar-refractivity contribution in [2.24, 2.45) is 0 Å². The van der Waals surface area contributed by atoms with Crippen LogP contribution in [0.5, 0.6) is 17.2 Å². The minimum Gasteiger partial charge on any atom is -0.507 e. The van der Waals surface area contributed by atoms with Gasteiger partial charge in [-0.3, -0.25) is 9.59 Å². The first-order valence-corrected chi connectivity index (χ1v) is 11.3. The molecule has 8 heteroatoms. The van der Waals surface area contributed by atoms with Gasteiger partial charge in [0.2, 0.25) is 0 Å². The Balaban J connectivity index is 2.05. The number of methoxy groups -OCH3 is 1. The number of rotatable bonds is 10. The van der Waals surface area contributed by atoms with Gasteiger partial charge in [0.05, 0.1) is 25.3 Å². The van der Waals surface area contributed by atoms with Gasteiger partial charge in [-0.1, -0.05) is 13.0 Å². The summed E-state index contributed by atoms with van der Waals surface area (Å²) in [6.45, 7) is 3.63. The van der Waals surface area contributed by atoms with E-state index in [-0.39, 0.29) is 22.8 Å². The zero-order valence-corrected chi connectivity index (χ0v) is 20.1. The maximum absolute atomic E-state index is 13.1. The molecule has 0 bridgehead atoms. The van der Waals surface area contributed by atoms with Crippen molar-refractivity contribution in [2.75, 3.05) is 40.9 Å². The number of benzene rings is 2. The molecule has 34 heavy (non-hydrogen) atoms. The van der Waals surface area contributed by atoms with Crippen molar-refractivity contribution in [3.05, 3.63) is 59.2 Å². The standard InChI is InChI=1S/C26H32N2O6/c1-5-15-34-19-10-7-17(8-11-19)24(30)22-23(18-9-12-21(33-4)20(29)16-18)28(26(32)25(22)31)14-6-13-27(2)3/h7-12,16,23,29-30H,5-6,13-15H2,1-4H3/b24-22-. The highest BCUT2D eigenvalue weighted by Gasteiger charge is 2.46. The minimum absolute atomic E-state index is 0.0124. The number of hydrogen-bond donors (Lipinski definition) is 2. The molecule has 2 aromatic carbocycles. The predicted octanol–water partition coefficient (Wildman–Crippen LogP) is 3.56. The molecule has 1 amide bonds. The number of carbonyl (C=O) groups is 2. The van der Waals surface area contributed by atoms with Gasteiger partial charge in [0, 0.05) is 12.1 Å². The van der Waals surface area contributed by atoms with Crippen LogP contribution < -0.4 is 9.47 Å². The van der Waals surface area contributed by atoms with Crippen LogP contribution in [0.3, 0.4) is 0 Å². The SMILES string of the molecule is CCCOc1ccc(/C(O)=C2/C(=O)C(=O)N(CCCN(C)C)C2c2ccc(OC)c(O)c2)cc1. The van der Waals surface area contributed by atoms with Crippen molar-refractivity contribution in [1.29, 1.82) is 0 Å². The van der Waals surface area contributed by atoms with Crippen LogP contribution in [0.25, 0.3) is 5.76 Å². The van der Waals surface area contributed by atoms with Crippen LogP contribution in [0.2, 0.25) is 0 Å². The Kier molecular flexibility index (Phi) is 8.17. The number of carbonyl (C=O) groups excluding carboxylic acids is 2. The molecule has 0 aromatic heterocycles. The Labute approximate surface area is 200 Å². The fourth-order valence-corrected chi connectivity index (χ4v) is 3.98. The highest BCUT2D eigenvalue weighted by Crippen LogP contribution is 2.41. The first kappa shape index (κ1) is 25.1. The average molecular weight is 469 g/mol. The Morgan fingerprint density at radius 2 is 1.82 bits per heavy atom. The fraction of sp³-hybridized carbons (Fsp3) is 0.385. The Morgan fingerprint density at radius 3 is 2.41 bits per heavy atom. The smallest absolute Gasteiger partial charge is 0.295 e. The zero-order valence-electron chi connectivity index (χ0n) is 20.1. The molecule has 3 rings (SSSR count). The lowest BCUT2D eigenvalue weighted by Crippen LogP contribution is -2.32. The summed E-state index contributed by atoms with van der Waals surface area (Å²) in [5.41, 5.74) is 0.895. The van der Waals surface area contributed by atoms with Crippen molar-refractivity contribution in [2.45, 2.75) is 25.8 Å². The fourth-order valence-electron chi connectivity index (χ4n) is 3.98. The molecule has 2 aromatic rings. The minimum atomic E-state index is -0.838. The second-order valence-electron chi connectivity index (χ2n) is 8.45. The number of phenolic OH excluding ortho intramolecular Hbond substituents is 1. The van der Waals surface area contributed by atoms with E-state index in [2.05, 4.69) is 0 Å². The van der Waals surface area contributed by atoms with Crippen LogP contribution in [-0.2, 0) is 9.59 Å². The van der Waals surface area contributed by atoms with Gasteiger partial charge in [-0.2, -0.15) is 0 Å². The van der Waals surface area contributed by atoms with E-state index in [0.717, 1.165) is 13.0 Å². The van der Waals surface area contributed by atoms with Crippen LogP contribution in [-0.4, -0.2) is 72.6 Å². The van der Waals surface area contributed by atoms with E-state index in [9.17, 15) is 19.8 Å². The number of amides is 1. The quantitative estimate of drug-likeness (QED) is 0.312. The molecule has 1 aliphatic rings. The molecule has 1 heterocycles. The van der Waals surface area contributed by atoms with Crippen LogP contribution >= 0.6 is 0 Å². The lowest BCUT2D eigenvalue weighted by Gasteiger charge is -2.26. The predicted molar refractivity (Wildman–Crippen MR) is 129 cm³/mol. The maximum Gasteiger partial charge on any atom is 0.295 e. The molecule has 1 aliphatic heterocycles. The van der Waals surface area contributed by atoms with Crippen LogP contribution in [0, 0.1) is 0 Å². The number of nitrogens with zero attached hydrogens (tertiary/aromatic N) is 2. The molecule has 0 saturated carbocycles. The number of phenols is 1. The number of likely N-dealkylation sites (tertiary alicyclic amines) is 1. The number of aliphatic hydroxyl groups is 1. The molecule has 1 unspecified atom stereocenters. The summed E-state index contributed by atoms with van der Waals surface area (Å²) in [5, 5.41) is 21.5. The normalized spacial score (nSPS) is 17.4. The lowest BCUT2D eigenvalue weighted by molar-refractivity contribution is -0.139. The highest BCUT2D eigenvalue weighted by molar-refractivity contribution is 6.46. The van der Waals surface area contributed by atoms with Gasteiger partial charge in [0.15, 0.2) is 11.5 Å². The molecule has 1 atom stereocenters. The molecular weight excluding hydrogens is 436 g/mol. The van der Waals surface area contributed by atoms with E-state index < -0.39 is 17.7 Å². The van der Waals surface area contributed by atoms with Crippen molar-refractivity contribution in [3.63, 3.8) is 0 Å². The molecule has 0 spiro atoms. The third kappa shape index (κ3) is 5.34. The lowest BCUT2D eigenvalue weighted by atomic mass is 9.95. The van der Waals surface area contributed by atoms with Crippen molar-refractivity contribution in [3.8, 4) is 17.2 Å². The topological polar surface area (TPSA) is 99.5 Å². The zero-order chi connectivity index (χ0) is 24.8. The number of hydrogen-bond acceptors (Lipinski definition) is 7. The molecule has 1 saturated heterocycles. The second-order valence-corrected chi connectivity index (χ2v) is 8.45. The van der Waals surface area contributed by atoms with Crippen LogP contribution in [0.4, 0.5) is 0 Å². The van der Waals surface area contributed by atoms with E-state index in [1.54, 1.807) is 36.4 Å². The monoisotopic (exact) mass is 468 g/mol. The van der Waals surface area contributed by atoms with E-state index in [1.165, 1.54) is 18.1 Å². The van der Waals surface area contributed by atoms with E-state index in [0.29, 0.717) is 36.4 Å². The number of ketones is 1. The first-order valence-electron chi connectivity index (χ1n) is 11.3. The molecule has 0 radical (unpaired) electrons. The summed E-state index contributed by atoms with van der Waals surface area (Å²) in [6, 6.07) is 10.6. The highest BCUT2D eigenvalue weighted by atomic mass is 16.5. The van der Waals surface area contributed by atoms with E-state index in [1.807, 2.05) is 25.9 Å². The Morgan fingerprint density at radius 1 is 1.12 bits per heavy atom. The number of aromatic hydroxyl groups is 1. The van der Waals surface area contributed by atoms with Crippen molar-refractivity contribution >= 4 is 17.4 Å². The number of aliphatic hydroxyl groups excluding tert-OH is 1. The summed E-state index contributed by atoms with van der Waals surface area (Å²) in [5.74, 6) is -0.889. The second kappa shape index (κ2) is 11.1. The molecule has 8 nitrogen and oxygen atoms in total. The van der Waals surface area contributed by atoms with Crippen molar-refractivity contribution in [1.82, 2.24) is 9.80 Å². The summed E-state index contributed by atoms with van der Waals surface area (Å²) in [4.78, 5) is 29.5. The molecule has 182 valence electrons. The van der Waals surface area contributed by atoms with Crippen molar-refractivity contribution < 1.29 is 29.3 Å².